The summed E-state index contributed by atoms with van der Waals surface area (Å²) < 4.78 is 8.34. The lowest BCUT2D eigenvalue weighted by molar-refractivity contribution is 0.181. The van der Waals surface area contributed by atoms with Crippen molar-refractivity contribution in [3.05, 3.63) is 16.4 Å². The van der Waals surface area contributed by atoms with Crippen molar-refractivity contribution in [3.8, 4) is 0 Å². The SMILES string of the molecule is CCNC(CCOC)c1c(Br)cnn1CCN(C)C. The van der Waals surface area contributed by atoms with E-state index in [4.69, 9.17) is 4.74 Å². The lowest BCUT2D eigenvalue weighted by Gasteiger charge is -2.20. The number of aromatic nitrogens is 2. The van der Waals surface area contributed by atoms with Crippen LogP contribution in [-0.2, 0) is 11.3 Å². The highest BCUT2D eigenvalue weighted by atomic mass is 79.9. The van der Waals surface area contributed by atoms with Crippen LogP contribution in [0, 0.1) is 0 Å². The summed E-state index contributed by atoms with van der Waals surface area (Å²) >= 11 is 3.61. The van der Waals surface area contributed by atoms with Crippen LogP contribution >= 0.6 is 15.9 Å². The summed E-state index contributed by atoms with van der Waals surface area (Å²) in [5, 5.41) is 7.97. The number of hydrogen-bond acceptors (Lipinski definition) is 4. The van der Waals surface area contributed by atoms with Gasteiger partial charge >= 0.3 is 0 Å². The van der Waals surface area contributed by atoms with Crippen LogP contribution in [-0.4, -0.2) is 55.6 Å². The molecule has 19 heavy (non-hydrogen) atoms. The fourth-order valence-electron chi connectivity index (χ4n) is 2.01. The molecule has 0 aliphatic carbocycles. The molecule has 1 unspecified atom stereocenters. The van der Waals surface area contributed by atoms with Crippen molar-refractivity contribution in [1.29, 1.82) is 0 Å². The van der Waals surface area contributed by atoms with Crippen molar-refractivity contribution in [2.75, 3.05) is 40.9 Å². The van der Waals surface area contributed by atoms with E-state index in [1.54, 1.807) is 7.11 Å². The van der Waals surface area contributed by atoms with E-state index in [1.165, 1.54) is 5.69 Å². The number of hydrogen-bond donors (Lipinski definition) is 1. The maximum atomic E-state index is 5.20. The van der Waals surface area contributed by atoms with Crippen LogP contribution in [0.2, 0.25) is 0 Å². The lowest BCUT2D eigenvalue weighted by atomic mass is 10.1. The van der Waals surface area contributed by atoms with Crippen LogP contribution in [0.15, 0.2) is 10.7 Å². The van der Waals surface area contributed by atoms with Crippen molar-refractivity contribution in [2.45, 2.75) is 25.9 Å². The average Bonchev–Trinajstić information content (AvgIpc) is 2.73. The third-order valence-corrected chi connectivity index (χ3v) is 3.59. The molecule has 1 aromatic heterocycles. The van der Waals surface area contributed by atoms with E-state index in [1.807, 2.05) is 6.20 Å². The number of likely N-dealkylation sites (N-methyl/N-ethyl adjacent to an activating group) is 1. The minimum Gasteiger partial charge on any atom is -0.385 e. The van der Waals surface area contributed by atoms with Gasteiger partial charge in [-0.1, -0.05) is 6.92 Å². The van der Waals surface area contributed by atoms with Crippen molar-refractivity contribution in [1.82, 2.24) is 20.0 Å². The molecule has 1 heterocycles. The van der Waals surface area contributed by atoms with Gasteiger partial charge in [-0.15, -0.1) is 0 Å². The Morgan fingerprint density at radius 2 is 2.26 bits per heavy atom. The molecule has 1 rings (SSSR count). The van der Waals surface area contributed by atoms with Gasteiger partial charge in [0, 0.05) is 20.3 Å². The van der Waals surface area contributed by atoms with Crippen molar-refractivity contribution in [3.63, 3.8) is 0 Å². The average molecular weight is 333 g/mol. The predicted octanol–water partition coefficient (Wildman–Crippen LogP) is 1.89. The molecule has 1 N–H and O–H groups in total. The second kappa shape index (κ2) is 8.68. The predicted molar refractivity (Wildman–Crippen MR) is 81.4 cm³/mol. The maximum absolute atomic E-state index is 5.20. The van der Waals surface area contributed by atoms with E-state index in [9.17, 15) is 0 Å². The first-order valence-corrected chi connectivity index (χ1v) is 7.47. The first-order valence-electron chi connectivity index (χ1n) is 6.68. The second-order valence-corrected chi connectivity index (χ2v) is 5.65. The molecule has 0 saturated carbocycles. The molecule has 0 aliphatic rings. The van der Waals surface area contributed by atoms with Crippen molar-refractivity contribution >= 4 is 15.9 Å². The Bertz CT molecular complexity index is 368. The van der Waals surface area contributed by atoms with Gasteiger partial charge in [0.25, 0.3) is 0 Å². The second-order valence-electron chi connectivity index (χ2n) is 4.80. The highest BCUT2D eigenvalue weighted by Crippen LogP contribution is 2.25. The number of methoxy groups -OCH3 is 1. The molecule has 0 aliphatic heterocycles. The number of nitrogens with zero attached hydrogens (tertiary/aromatic N) is 3. The Labute approximate surface area is 124 Å². The molecule has 110 valence electrons. The Morgan fingerprint density at radius 3 is 2.84 bits per heavy atom. The number of ether oxygens (including phenoxy) is 1. The van der Waals surface area contributed by atoms with Crippen molar-refractivity contribution in [2.24, 2.45) is 0 Å². The van der Waals surface area contributed by atoms with Crippen LogP contribution in [0.4, 0.5) is 0 Å². The minimum atomic E-state index is 0.268. The van der Waals surface area contributed by atoms with E-state index in [0.29, 0.717) is 0 Å². The van der Waals surface area contributed by atoms with Gasteiger partial charge in [-0.05, 0) is 43.0 Å². The monoisotopic (exact) mass is 332 g/mol. The van der Waals surface area contributed by atoms with Gasteiger partial charge in [0.05, 0.1) is 29.0 Å². The third-order valence-electron chi connectivity index (χ3n) is 2.98. The van der Waals surface area contributed by atoms with Gasteiger partial charge in [0.15, 0.2) is 0 Å². The molecule has 0 spiro atoms. The topological polar surface area (TPSA) is 42.3 Å². The molecule has 6 heteroatoms. The van der Waals surface area contributed by atoms with E-state index in [-0.39, 0.29) is 6.04 Å². The van der Waals surface area contributed by atoms with Crippen LogP contribution in [0.25, 0.3) is 0 Å². The number of nitrogens with one attached hydrogen (secondary N) is 1. The highest BCUT2D eigenvalue weighted by molar-refractivity contribution is 9.10. The summed E-state index contributed by atoms with van der Waals surface area (Å²) in [7, 11) is 5.89. The van der Waals surface area contributed by atoms with E-state index in [0.717, 1.165) is 37.1 Å². The molecular weight excluding hydrogens is 308 g/mol. The molecule has 1 atom stereocenters. The van der Waals surface area contributed by atoms with Crippen LogP contribution in [0.3, 0.4) is 0 Å². The smallest absolute Gasteiger partial charge is 0.0697 e. The van der Waals surface area contributed by atoms with Gasteiger partial charge in [-0.3, -0.25) is 4.68 Å². The summed E-state index contributed by atoms with van der Waals surface area (Å²) in [6, 6.07) is 0.268. The summed E-state index contributed by atoms with van der Waals surface area (Å²) in [6.45, 7) is 5.66. The Hall–Kier alpha value is -0.430. The molecule has 0 saturated heterocycles. The Balaban J connectivity index is 2.83. The standard InChI is InChI=1S/C13H25BrN4O/c1-5-15-12(6-9-19-4)13-11(14)10-16-18(13)8-7-17(2)3/h10,12,15H,5-9H2,1-4H3. The molecule has 0 amide bonds. The van der Waals surface area contributed by atoms with Gasteiger partial charge in [0.2, 0.25) is 0 Å². The molecule has 5 nitrogen and oxygen atoms in total. The van der Waals surface area contributed by atoms with E-state index < -0.39 is 0 Å². The summed E-state index contributed by atoms with van der Waals surface area (Å²) in [4.78, 5) is 2.16. The summed E-state index contributed by atoms with van der Waals surface area (Å²) in [5.41, 5.74) is 1.21. The van der Waals surface area contributed by atoms with Crippen LogP contribution in [0.1, 0.15) is 25.1 Å². The van der Waals surface area contributed by atoms with Crippen LogP contribution < -0.4 is 5.32 Å². The van der Waals surface area contributed by atoms with Gasteiger partial charge < -0.3 is 15.0 Å². The summed E-state index contributed by atoms with van der Waals surface area (Å²) in [6.07, 6.45) is 2.82. The third kappa shape index (κ3) is 5.22. The highest BCUT2D eigenvalue weighted by Gasteiger charge is 2.19. The van der Waals surface area contributed by atoms with Crippen LogP contribution in [0.5, 0.6) is 0 Å². The number of rotatable bonds is 9. The van der Waals surface area contributed by atoms with Crippen molar-refractivity contribution < 1.29 is 4.74 Å². The first-order chi connectivity index (χ1) is 9.10. The largest absolute Gasteiger partial charge is 0.385 e. The van der Waals surface area contributed by atoms with Gasteiger partial charge in [-0.25, -0.2) is 0 Å². The summed E-state index contributed by atoms with van der Waals surface area (Å²) in [5.74, 6) is 0. The molecule has 0 aromatic carbocycles. The molecule has 0 fully saturated rings. The zero-order valence-electron chi connectivity index (χ0n) is 12.3. The fourth-order valence-corrected chi connectivity index (χ4v) is 2.58. The zero-order chi connectivity index (χ0) is 14.3. The Morgan fingerprint density at radius 1 is 1.53 bits per heavy atom. The molecule has 0 radical (unpaired) electrons. The minimum absolute atomic E-state index is 0.268. The van der Waals surface area contributed by atoms with Gasteiger partial charge in [0.1, 0.15) is 0 Å². The first kappa shape index (κ1) is 16.6. The quantitative estimate of drug-likeness (QED) is 0.749. The molecule has 0 bridgehead atoms. The van der Waals surface area contributed by atoms with Gasteiger partial charge in [-0.2, -0.15) is 5.10 Å². The Kier molecular flexibility index (Phi) is 7.60. The zero-order valence-corrected chi connectivity index (χ0v) is 13.9. The molecule has 1 aromatic rings. The number of halogens is 1. The maximum Gasteiger partial charge on any atom is 0.0697 e. The lowest BCUT2D eigenvalue weighted by Crippen LogP contribution is -2.27. The fraction of sp³-hybridized carbons (Fsp3) is 0.769. The van der Waals surface area contributed by atoms with E-state index in [2.05, 4.69) is 56.9 Å². The molecular formula is C13H25BrN4O. The normalized spacial score (nSPS) is 13.2. The van der Waals surface area contributed by atoms with E-state index >= 15 is 0 Å².